The Morgan fingerprint density at radius 2 is 1.52 bits per heavy atom. The van der Waals surface area contributed by atoms with E-state index in [-0.39, 0.29) is 0 Å². The number of benzene rings is 2. The maximum Gasteiger partial charge on any atom is 0.326 e. The van der Waals surface area contributed by atoms with Gasteiger partial charge in [0.1, 0.15) is 17.2 Å². The van der Waals surface area contributed by atoms with Crippen LogP contribution in [0.5, 0.6) is 0 Å². The first-order chi connectivity index (χ1) is 9.97. The third-order valence-corrected chi connectivity index (χ3v) is 2.84. The molecule has 0 saturated heterocycles. The third kappa shape index (κ3) is 3.79. The Hall–Kier alpha value is -2.41. The molecule has 0 unspecified atom stereocenters. The molecule has 2 N–H and O–H groups in total. The van der Waals surface area contributed by atoms with Gasteiger partial charge in [-0.1, -0.05) is 6.07 Å². The van der Waals surface area contributed by atoms with E-state index in [1.165, 1.54) is 0 Å². The molecule has 0 radical (unpaired) electrons. The monoisotopic (exact) mass is 308 g/mol. The van der Waals surface area contributed by atoms with Gasteiger partial charge in [-0.15, -0.1) is 12.6 Å². The number of halogens is 2. The fourth-order valence-corrected chi connectivity index (χ4v) is 1.74. The first-order valence-corrected chi connectivity index (χ1v) is 6.27. The summed E-state index contributed by atoms with van der Waals surface area (Å²) in [6, 6.07) is 8.50. The van der Waals surface area contributed by atoms with Crippen molar-refractivity contribution in [2.75, 3.05) is 5.32 Å². The second-order valence-electron chi connectivity index (χ2n) is 4.05. The van der Waals surface area contributed by atoms with Gasteiger partial charge in [0.15, 0.2) is 0 Å². The van der Waals surface area contributed by atoms with E-state index in [4.69, 9.17) is 0 Å². The predicted molar refractivity (Wildman–Crippen MR) is 76.5 cm³/mol. The van der Waals surface area contributed by atoms with E-state index in [1.807, 2.05) is 5.32 Å². The highest BCUT2D eigenvalue weighted by Crippen LogP contribution is 2.13. The van der Waals surface area contributed by atoms with Crippen molar-refractivity contribution in [2.45, 2.75) is 4.90 Å². The lowest BCUT2D eigenvalue weighted by Crippen LogP contribution is -2.35. The van der Waals surface area contributed by atoms with Crippen molar-refractivity contribution in [3.05, 3.63) is 59.7 Å². The standard InChI is InChI=1S/C14H10F2N2O2S/c15-10-2-1-3-11(16)12(10)13(19)18-14(20)17-8-4-6-9(21)7-5-8/h1-7,21H,(H2,17,18,19,20). The number of carbonyl (C=O) groups excluding carboxylic acids is 2. The summed E-state index contributed by atoms with van der Waals surface area (Å²) in [5.41, 5.74) is -0.398. The first kappa shape index (κ1) is 15.0. The van der Waals surface area contributed by atoms with Gasteiger partial charge in [0.2, 0.25) is 0 Å². The Balaban J connectivity index is 2.06. The number of urea groups is 1. The molecule has 21 heavy (non-hydrogen) atoms. The normalized spacial score (nSPS) is 10.0. The molecule has 0 heterocycles. The van der Waals surface area contributed by atoms with Gasteiger partial charge in [-0.25, -0.2) is 13.6 Å². The molecule has 0 spiro atoms. The predicted octanol–water partition coefficient (Wildman–Crippen LogP) is 3.22. The van der Waals surface area contributed by atoms with Crippen molar-refractivity contribution < 1.29 is 18.4 Å². The zero-order valence-corrected chi connectivity index (χ0v) is 11.5. The number of thiol groups is 1. The van der Waals surface area contributed by atoms with Crippen LogP contribution in [-0.2, 0) is 0 Å². The molecule has 0 bridgehead atoms. The van der Waals surface area contributed by atoms with E-state index in [0.29, 0.717) is 10.6 Å². The van der Waals surface area contributed by atoms with Crippen molar-refractivity contribution in [3.63, 3.8) is 0 Å². The molecule has 2 aromatic rings. The summed E-state index contributed by atoms with van der Waals surface area (Å²) in [6.07, 6.45) is 0. The van der Waals surface area contributed by atoms with Crippen LogP contribution in [0.1, 0.15) is 10.4 Å². The molecule has 0 aromatic heterocycles. The van der Waals surface area contributed by atoms with Crippen LogP contribution in [-0.4, -0.2) is 11.9 Å². The molecule has 2 rings (SSSR count). The van der Waals surface area contributed by atoms with Crippen molar-refractivity contribution in [3.8, 4) is 0 Å². The van der Waals surface area contributed by atoms with Crippen molar-refractivity contribution >= 4 is 30.3 Å². The Bertz CT molecular complexity index is 670. The Morgan fingerprint density at radius 3 is 2.10 bits per heavy atom. The number of imide groups is 1. The van der Waals surface area contributed by atoms with Crippen LogP contribution < -0.4 is 10.6 Å². The zero-order valence-electron chi connectivity index (χ0n) is 10.6. The number of hydrogen-bond donors (Lipinski definition) is 3. The van der Waals surface area contributed by atoms with Crippen molar-refractivity contribution in [1.29, 1.82) is 0 Å². The maximum absolute atomic E-state index is 13.4. The topological polar surface area (TPSA) is 58.2 Å². The molecule has 3 amide bonds. The van der Waals surface area contributed by atoms with Crippen LogP contribution in [0.2, 0.25) is 0 Å². The molecule has 108 valence electrons. The number of amides is 3. The molecule has 0 atom stereocenters. The smallest absolute Gasteiger partial charge is 0.308 e. The average molecular weight is 308 g/mol. The highest BCUT2D eigenvalue weighted by Gasteiger charge is 2.19. The number of anilines is 1. The quantitative estimate of drug-likeness (QED) is 0.746. The SMILES string of the molecule is O=C(NC(=O)c1c(F)cccc1F)Nc1ccc(S)cc1. The minimum Gasteiger partial charge on any atom is -0.308 e. The van der Waals surface area contributed by atoms with Crippen LogP contribution in [0, 0.1) is 11.6 Å². The lowest BCUT2D eigenvalue weighted by Gasteiger charge is -2.08. The summed E-state index contributed by atoms with van der Waals surface area (Å²) in [5.74, 6) is -3.24. The number of nitrogens with one attached hydrogen (secondary N) is 2. The Kier molecular flexibility index (Phi) is 4.54. The summed E-state index contributed by atoms with van der Waals surface area (Å²) < 4.78 is 26.8. The second kappa shape index (κ2) is 6.36. The molecule has 0 fully saturated rings. The van der Waals surface area contributed by atoms with E-state index in [0.717, 1.165) is 18.2 Å². The molecule has 7 heteroatoms. The molecular weight excluding hydrogens is 298 g/mol. The summed E-state index contributed by atoms with van der Waals surface area (Å²) in [7, 11) is 0. The highest BCUT2D eigenvalue weighted by molar-refractivity contribution is 7.80. The number of rotatable bonds is 2. The van der Waals surface area contributed by atoms with E-state index in [9.17, 15) is 18.4 Å². The molecule has 0 aliphatic heterocycles. The van der Waals surface area contributed by atoms with Crippen molar-refractivity contribution in [2.24, 2.45) is 0 Å². The van der Waals surface area contributed by atoms with Crippen LogP contribution in [0.3, 0.4) is 0 Å². The fourth-order valence-electron chi connectivity index (χ4n) is 1.59. The second-order valence-corrected chi connectivity index (χ2v) is 4.57. The number of carbonyl (C=O) groups is 2. The van der Waals surface area contributed by atoms with Crippen molar-refractivity contribution in [1.82, 2.24) is 5.32 Å². The van der Waals surface area contributed by atoms with Gasteiger partial charge in [-0.3, -0.25) is 10.1 Å². The maximum atomic E-state index is 13.4. The van der Waals surface area contributed by atoms with Gasteiger partial charge < -0.3 is 5.32 Å². The van der Waals surface area contributed by atoms with Crippen LogP contribution >= 0.6 is 12.6 Å². The van der Waals surface area contributed by atoms with E-state index < -0.39 is 29.1 Å². The van der Waals surface area contributed by atoms with E-state index >= 15 is 0 Å². The third-order valence-electron chi connectivity index (χ3n) is 2.54. The largest absolute Gasteiger partial charge is 0.326 e. The summed E-state index contributed by atoms with van der Waals surface area (Å²) in [6.45, 7) is 0. The van der Waals surface area contributed by atoms with Gasteiger partial charge in [-0.05, 0) is 36.4 Å². The van der Waals surface area contributed by atoms with Gasteiger partial charge in [0.05, 0.1) is 0 Å². The minimum absolute atomic E-state index is 0.409. The zero-order chi connectivity index (χ0) is 15.4. The summed E-state index contributed by atoms with van der Waals surface area (Å²) >= 11 is 4.08. The van der Waals surface area contributed by atoms with Gasteiger partial charge >= 0.3 is 6.03 Å². The average Bonchev–Trinajstić information content (AvgIpc) is 2.41. The van der Waals surface area contributed by atoms with Crippen LogP contribution in [0.4, 0.5) is 19.3 Å². The molecule has 2 aromatic carbocycles. The van der Waals surface area contributed by atoms with Crippen LogP contribution in [0.25, 0.3) is 0 Å². The van der Waals surface area contributed by atoms with E-state index in [1.54, 1.807) is 24.3 Å². The number of hydrogen-bond acceptors (Lipinski definition) is 3. The van der Waals surface area contributed by atoms with Gasteiger partial charge in [0.25, 0.3) is 5.91 Å². The minimum atomic E-state index is -1.16. The molecule has 0 saturated carbocycles. The summed E-state index contributed by atoms with van der Waals surface area (Å²) in [4.78, 5) is 24.0. The fraction of sp³-hybridized carbons (Fsp3) is 0. The Morgan fingerprint density at radius 1 is 0.952 bits per heavy atom. The first-order valence-electron chi connectivity index (χ1n) is 5.83. The van der Waals surface area contributed by atoms with E-state index in [2.05, 4.69) is 17.9 Å². The molecular formula is C14H10F2N2O2S. The lowest BCUT2D eigenvalue weighted by molar-refractivity contribution is 0.0959. The van der Waals surface area contributed by atoms with Gasteiger partial charge in [0, 0.05) is 10.6 Å². The lowest BCUT2D eigenvalue weighted by atomic mass is 10.2. The molecule has 4 nitrogen and oxygen atoms in total. The Labute approximate surface area is 124 Å². The van der Waals surface area contributed by atoms with Crippen LogP contribution in [0.15, 0.2) is 47.4 Å². The van der Waals surface area contributed by atoms with Gasteiger partial charge in [-0.2, -0.15) is 0 Å². The highest BCUT2D eigenvalue weighted by atomic mass is 32.1. The molecule has 0 aliphatic rings. The molecule has 0 aliphatic carbocycles. The summed E-state index contributed by atoms with van der Waals surface area (Å²) in [5, 5.41) is 4.21.